The number of nitrogens with one attached hydrogen (secondary N) is 2. The molecule has 1 aliphatic carbocycles. The SMILES string of the molecule is CCCn1ccc2cc(NC(=O)NC3CCC(C(=O)O)CC3)ccc21. The summed E-state index contributed by atoms with van der Waals surface area (Å²) in [5, 5.41) is 16.0. The van der Waals surface area contributed by atoms with Gasteiger partial charge in [0.05, 0.1) is 5.92 Å². The molecule has 0 unspecified atom stereocenters. The number of carboxylic acid groups (broad SMARTS) is 1. The van der Waals surface area contributed by atoms with E-state index in [9.17, 15) is 9.59 Å². The molecule has 0 atom stereocenters. The number of aryl methyl sites for hydroxylation is 1. The molecule has 1 saturated carbocycles. The molecule has 1 fully saturated rings. The van der Waals surface area contributed by atoms with Crippen molar-refractivity contribution < 1.29 is 14.7 Å². The normalized spacial score (nSPS) is 20.4. The summed E-state index contributed by atoms with van der Waals surface area (Å²) in [6.45, 7) is 3.13. The molecule has 1 aromatic heterocycles. The van der Waals surface area contributed by atoms with E-state index in [1.807, 2.05) is 18.2 Å². The van der Waals surface area contributed by atoms with Gasteiger partial charge < -0.3 is 20.3 Å². The minimum Gasteiger partial charge on any atom is -0.481 e. The van der Waals surface area contributed by atoms with Gasteiger partial charge in [-0.15, -0.1) is 0 Å². The zero-order valence-corrected chi connectivity index (χ0v) is 14.5. The molecule has 134 valence electrons. The van der Waals surface area contributed by atoms with Crippen LogP contribution >= 0.6 is 0 Å². The molecule has 0 spiro atoms. The Bertz CT molecular complexity index is 760. The number of carbonyl (C=O) groups is 2. The molecule has 1 aliphatic rings. The van der Waals surface area contributed by atoms with Gasteiger partial charge >= 0.3 is 12.0 Å². The molecule has 2 amide bonds. The summed E-state index contributed by atoms with van der Waals surface area (Å²) in [7, 11) is 0. The number of nitrogens with zero attached hydrogens (tertiary/aromatic N) is 1. The number of carbonyl (C=O) groups excluding carboxylic acids is 1. The lowest BCUT2D eigenvalue weighted by Crippen LogP contribution is -2.40. The van der Waals surface area contributed by atoms with E-state index in [-0.39, 0.29) is 18.0 Å². The predicted molar refractivity (Wildman–Crippen MR) is 97.8 cm³/mol. The topological polar surface area (TPSA) is 83.4 Å². The quantitative estimate of drug-likeness (QED) is 0.772. The van der Waals surface area contributed by atoms with E-state index in [0.29, 0.717) is 25.7 Å². The Morgan fingerprint density at radius 3 is 2.64 bits per heavy atom. The maximum atomic E-state index is 12.2. The first-order valence-corrected chi connectivity index (χ1v) is 8.96. The van der Waals surface area contributed by atoms with E-state index in [4.69, 9.17) is 5.11 Å². The van der Waals surface area contributed by atoms with Gasteiger partial charge in [-0.1, -0.05) is 6.92 Å². The van der Waals surface area contributed by atoms with Crippen molar-refractivity contribution in [2.45, 2.75) is 51.6 Å². The summed E-state index contributed by atoms with van der Waals surface area (Å²) in [5.41, 5.74) is 1.93. The third kappa shape index (κ3) is 4.13. The molecule has 3 rings (SSSR count). The van der Waals surface area contributed by atoms with Crippen molar-refractivity contribution in [1.29, 1.82) is 0 Å². The fraction of sp³-hybridized carbons (Fsp3) is 0.474. The second kappa shape index (κ2) is 7.59. The molecule has 0 bridgehead atoms. The lowest BCUT2D eigenvalue weighted by molar-refractivity contribution is -0.142. The Morgan fingerprint density at radius 1 is 1.20 bits per heavy atom. The van der Waals surface area contributed by atoms with E-state index in [0.717, 1.165) is 24.0 Å². The Kier molecular flexibility index (Phi) is 5.26. The Morgan fingerprint density at radius 2 is 1.96 bits per heavy atom. The average Bonchev–Trinajstić information content (AvgIpc) is 2.98. The number of carboxylic acids is 1. The molecule has 25 heavy (non-hydrogen) atoms. The molecule has 3 N–H and O–H groups in total. The van der Waals surface area contributed by atoms with Crippen LogP contribution in [0.15, 0.2) is 30.5 Å². The summed E-state index contributed by atoms with van der Waals surface area (Å²) < 4.78 is 2.21. The average molecular weight is 343 g/mol. The molecule has 0 saturated heterocycles. The van der Waals surface area contributed by atoms with Gasteiger partial charge in [0.2, 0.25) is 0 Å². The van der Waals surface area contributed by atoms with E-state index in [1.54, 1.807) is 0 Å². The number of anilines is 1. The van der Waals surface area contributed by atoms with Gasteiger partial charge in [-0.2, -0.15) is 0 Å². The minimum absolute atomic E-state index is 0.0463. The molecular weight excluding hydrogens is 318 g/mol. The van der Waals surface area contributed by atoms with Crippen molar-refractivity contribution in [2.24, 2.45) is 5.92 Å². The van der Waals surface area contributed by atoms with Gasteiger partial charge in [0.15, 0.2) is 0 Å². The van der Waals surface area contributed by atoms with E-state index < -0.39 is 5.97 Å². The summed E-state index contributed by atoms with van der Waals surface area (Å²) in [6, 6.07) is 7.79. The summed E-state index contributed by atoms with van der Waals surface area (Å²) in [5.74, 6) is -0.998. The van der Waals surface area contributed by atoms with Crippen LogP contribution in [0.3, 0.4) is 0 Å². The van der Waals surface area contributed by atoms with Crippen LogP contribution in [0.5, 0.6) is 0 Å². The molecule has 6 nitrogen and oxygen atoms in total. The molecule has 6 heteroatoms. The fourth-order valence-electron chi connectivity index (χ4n) is 3.55. The van der Waals surface area contributed by atoms with E-state index in [2.05, 4.69) is 34.4 Å². The number of urea groups is 1. The Balaban J connectivity index is 1.56. The van der Waals surface area contributed by atoms with Crippen LogP contribution in [-0.4, -0.2) is 27.7 Å². The van der Waals surface area contributed by atoms with Crippen molar-refractivity contribution in [3.63, 3.8) is 0 Å². The maximum absolute atomic E-state index is 12.2. The molecule has 1 heterocycles. The predicted octanol–water partition coefficient (Wildman–Crippen LogP) is 3.82. The van der Waals surface area contributed by atoms with Crippen LogP contribution in [-0.2, 0) is 11.3 Å². The second-order valence-electron chi connectivity index (χ2n) is 6.77. The lowest BCUT2D eigenvalue weighted by Gasteiger charge is -2.26. The van der Waals surface area contributed by atoms with Gasteiger partial charge in [0, 0.05) is 35.4 Å². The molecule has 0 radical (unpaired) electrons. The van der Waals surface area contributed by atoms with Crippen LogP contribution in [0.25, 0.3) is 10.9 Å². The Hall–Kier alpha value is -2.50. The zero-order valence-electron chi connectivity index (χ0n) is 14.5. The van der Waals surface area contributed by atoms with Crippen molar-refractivity contribution in [2.75, 3.05) is 5.32 Å². The lowest BCUT2D eigenvalue weighted by atomic mass is 9.86. The van der Waals surface area contributed by atoms with Crippen LogP contribution < -0.4 is 10.6 Å². The van der Waals surface area contributed by atoms with Gasteiger partial charge in [-0.3, -0.25) is 4.79 Å². The van der Waals surface area contributed by atoms with Gasteiger partial charge in [-0.05, 0) is 56.4 Å². The molecule has 2 aromatic rings. The summed E-state index contributed by atoms with van der Waals surface area (Å²) >= 11 is 0. The van der Waals surface area contributed by atoms with Crippen LogP contribution in [0.4, 0.5) is 10.5 Å². The smallest absolute Gasteiger partial charge is 0.319 e. The highest BCUT2D eigenvalue weighted by Crippen LogP contribution is 2.25. The number of fused-ring (bicyclic) bond motifs is 1. The van der Waals surface area contributed by atoms with Crippen molar-refractivity contribution in [1.82, 2.24) is 9.88 Å². The number of aromatic nitrogens is 1. The highest BCUT2D eigenvalue weighted by molar-refractivity contribution is 5.93. The number of aliphatic carboxylic acids is 1. The Labute approximate surface area is 147 Å². The van der Waals surface area contributed by atoms with E-state index in [1.165, 1.54) is 5.52 Å². The molecular formula is C19H25N3O3. The third-order valence-electron chi connectivity index (χ3n) is 4.91. The van der Waals surface area contributed by atoms with Crippen LogP contribution in [0, 0.1) is 5.92 Å². The van der Waals surface area contributed by atoms with E-state index >= 15 is 0 Å². The largest absolute Gasteiger partial charge is 0.481 e. The first kappa shape index (κ1) is 17.3. The standard InChI is InChI=1S/C19H25N3O3/c1-2-10-22-11-9-14-12-16(7-8-17(14)22)21-19(25)20-15-5-3-13(4-6-15)18(23)24/h7-9,11-13,15H,2-6,10H2,1H3,(H,23,24)(H2,20,21,25). The van der Waals surface area contributed by atoms with Crippen molar-refractivity contribution in [3.05, 3.63) is 30.5 Å². The third-order valence-corrected chi connectivity index (χ3v) is 4.91. The first-order valence-electron chi connectivity index (χ1n) is 8.96. The van der Waals surface area contributed by atoms with Gasteiger partial charge in [0.25, 0.3) is 0 Å². The maximum Gasteiger partial charge on any atom is 0.319 e. The van der Waals surface area contributed by atoms with Gasteiger partial charge in [0.1, 0.15) is 0 Å². The number of benzene rings is 1. The highest BCUT2D eigenvalue weighted by Gasteiger charge is 2.26. The zero-order chi connectivity index (χ0) is 17.8. The van der Waals surface area contributed by atoms with Gasteiger partial charge in [-0.25, -0.2) is 4.79 Å². The fourth-order valence-corrected chi connectivity index (χ4v) is 3.55. The highest BCUT2D eigenvalue weighted by atomic mass is 16.4. The van der Waals surface area contributed by atoms with Crippen molar-refractivity contribution >= 4 is 28.6 Å². The monoisotopic (exact) mass is 343 g/mol. The second-order valence-corrected chi connectivity index (χ2v) is 6.77. The van der Waals surface area contributed by atoms with Crippen LogP contribution in [0.2, 0.25) is 0 Å². The molecule has 1 aromatic carbocycles. The summed E-state index contributed by atoms with van der Waals surface area (Å²) in [4.78, 5) is 23.2. The minimum atomic E-state index is -0.730. The number of hydrogen-bond acceptors (Lipinski definition) is 2. The van der Waals surface area contributed by atoms with Crippen LogP contribution in [0.1, 0.15) is 39.0 Å². The first-order chi connectivity index (χ1) is 12.1. The summed E-state index contributed by atoms with van der Waals surface area (Å²) in [6.07, 6.45) is 5.82. The molecule has 0 aliphatic heterocycles. The number of hydrogen-bond donors (Lipinski definition) is 3. The van der Waals surface area contributed by atoms with Crippen molar-refractivity contribution in [3.8, 4) is 0 Å². The number of amides is 2. The number of rotatable bonds is 5.